The maximum absolute atomic E-state index is 14.0. The second kappa shape index (κ2) is 4.23. The maximum Gasteiger partial charge on any atom is 0.182 e. The number of aromatic nitrogens is 2. The van der Waals surface area contributed by atoms with E-state index in [0.29, 0.717) is 15.5 Å². The van der Waals surface area contributed by atoms with E-state index in [4.69, 9.17) is 23.8 Å². The largest absolute Gasteiger partial charge is 0.330 e. The van der Waals surface area contributed by atoms with Crippen LogP contribution in [0.5, 0.6) is 0 Å². The molecule has 90 valence electrons. The molecule has 0 spiro atoms. The molecule has 3 rings (SSSR count). The highest BCUT2D eigenvalue weighted by Crippen LogP contribution is 2.23. The predicted octanol–water partition coefficient (Wildman–Crippen LogP) is 4.48. The Morgan fingerprint density at radius 1 is 1.17 bits per heavy atom. The number of rotatable bonds is 1. The van der Waals surface area contributed by atoms with Crippen LogP contribution in [0.4, 0.5) is 4.39 Å². The van der Waals surface area contributed by atoms with Crippen molar-refractivity contribution in [3.8, 4) is 5.69 Å². The average molecular weight is 279 g/mol. The summed E-state index contributed by atoms with van der Waals surface area (Å²) in [4.78, 5) is 3.05. The summed E-state index contributed by atoms with van der Waals surface area (Å²) >= 11 is 11.0. The first-order valence-corrected chi connectivity index (χ1v) is 6.10. The molecule has 0 fully saturated rings. The third-order valence-corrected chi connectivity index (χ3v) is 3.26. The highest BCUT2D eigenvalue weighted by Gasteiger charge is 2.10. The molecule has 1 heterocycles. The summed E-state index contributed by atoms with van der Waals surface area (Å²) < 4.78 is 16.1. The molecule has 0 saturated heterocycles. The Morgan fingerprint density at radius 3 is 2.72 bits per heavy atom. The molecule has 0 amide bonds. The molecule has 3 aromatic rings. The van der Waals surface area contributed by atoms with Gasteiger partial charge in [0.05, 0.1) is 16.7 Å². The van der Waals surface area contributed by atoms with E-state index in [9.17, 15) is 4.39 Å². The van der Waals surface area contributed by atoms with Crippen molar-refractivity contribution in [3.63, 3.8) is 0 Å². The number of H-pyrrole nitrogens is 1. The van der Waals surface area contributed by atoms with E-state index in [2.05, 4.69) is 4.98 Å². The smallest absolute Gasteiger partial charge is 0.182 e. The van der Waals surface area contributed by atoms with Gasteiger partial charge >= 0.3 is 0 Å². The van der Waals surface area contributed by atoms with Gasteiger partial charge in [0.1, 0.15) is 5.82 Å². The van der Waals surface area contributed by atoms with Crippen LogP contribution in [0.3, 0.4) is 0 Å². The molecule has 0 aliphatic rings. The number of fused-ring (bicyclic) bond motifs is 1. The van der Waals surface area contributed by atoms with Crippen molar-refractivity contribution in [2.24, 2.45) is 0 Å². The van der Waals surface area contributed by atoms with Gasteiger partial charge in [-0.05, 0) is 42.5 Å². The van der Waals surface area contributed by atoms with Crippen molar-refractivity contribution in [2.45, 2.75) is 0 Å². The van der Waals surface area contributed by atoms with Crippen molar-refractivity contribution < 1.29 is 4.39 Å². The number of para-hydroxylation sites is 2. The molecule has 2 nitrogen and oxygen atoms in total. The fraction of sp³-hybridized carbons (Fsp3) is 0. The second-order valence-electron chi connectivity index (χ2n) is 3.88. The minimum Gasteiger partial charge on any atom is -0.330 e. The van der Waals surface area contributed by atoms with E-state index < -0.39 is 5.82 Å². The summed E-state index contributed by atoms with van der Waals surface area (Å²) in [7, 11) is 0. The van der Waals surface area contributed by atoms with Crippen LogP contribution >= 0.6 is 23.8 Å². The molecule has 0 aliphatic carbocycles. The number of benzene rings is 2. The molecule has 0 atom stereocenters. The van der Waals surface area contributed by atoms with E-state index in [0.717, 1.165) is 11.0 Å². The summed E-state index contributed by atoms with van der Waals surface area (Å²) in [5.41, 5.74) is 2.10. The molecule has 0 radical (unpaired) electrons. The first-order valence-electron chi connectivity index (χ1n) is 5.32. The molecule has 1 N–H and O–H groups in total. The van der Waals surface area contributed by atoms with E-state index >= 15 is 0 Å². The molecular weight excluding hydrogens is 271 g/mol. The van der Waals surface area contributed by atoms with Gasteiger partial charge in [-0.1, -0.05) is 23.7 Å². The van der Waals surface area contributed by atoms with E-state index in [1.54, 1.807) is 16.7 Å². The molecule has 2 aromatic carbocycles. The van der Waals surface area contributed by atoms with Crippen molar-refractivity contribution in [2.75, 3.05) is 0 Å². The standard InChI is InChI=1S/C13H8ClFN2S/c14-8-5-6-11(9(15)7-8)17-12-4-2-1-3-10(12)16-13(17)18/h1-7H,(H,16,18). The lowest BCUT2D eigenvalue weighted by molar-refractivity contribution is 0.619. The Hall–Kier alpha value is -1.65. The number of nitrogens with one attached hydrogen (secondary N) is 1. The van der Waals surface area contributed by atoms with Gasteiger partial charge in [-0.25, -0.2) is 4.39 Å². The lowest BCUT2D eigenvalue weighted by Gasteiger charge is -2.06. The highest BCUT2D eigenvalue weighted by atomic mass is 35.5. The zero-order valence-corrected chi connectivity index (χ0v) is 10.7. The van der Waals surface area contributed by atoms with Gasteiger partial charge in [-0.15, -0.1) is 0 Å². The molecular formula is C13H8ClFN2S. The molecule has 1 aromatic heterocycles. The van der Waals surface area contributed by atoms with Crippen LogP contribution in [-0.4, -0.2) is 9.55 Å². The van der Waals surface area contributed by atoms with E-state index in [1.807, 2.05) is 24.3 Å². The maximum atomic E-state index is 14.0. The molecule has 0 bridgehead atoms. The number of hydrogen-bond acceptors (Lipinski definition) is 1. The van der Waals surface area contributed by atoms with Gasteiger partial charge < -0.3 is 4.98 Å². The summed E-state index contributed by atoms with van der Waals surface area (Å²) in [6.45, 7) is 0. The van der Waals surface area contributed by atoms with Crippen LogP contribution in [0.25, 0.3) is 16.7 Å². The first kappa shape index (κ1) is 11.4. The van der Waals surface area contributed by atoms with Crippen LogP contribution in [0.15, 0.2) is 42.5 Å². The van der Waals surface area contributed by atoms with Crippen molar-refractivity contribution in [1.82, 2.24) is 9.55 Å². The molecule has 0 unspecified atom stereocenters. The zero-order chi connectivity index (χ0) is 12.7. The number of imidazole rings is 1. The minimum atomic E-state index is -0.400. The number of halogens is 2. The van der Waals surface area contributed by atoms with Gasteiger partial charge in [0.2, 0.25) is 0 Å². The summed E-state index contributed by atoms with van der Waals surface area (Å²) in [6.07, 6.45) is 0. The van der Waals surface area contributed by atoms with Gasteiger partial charge in [0.25, 0.3) is 0 Å². The fourth-order valence-electron chi connectivity index (χ4n) is 1.96. The van der Waals surface area contributed by atoms with Gasteiger partial charge in [-0.2, -0.15) is 0 Å². The summed E-state index contributed by atoms with van der Waals surface area (Å²) in [5, 5.41) is 0.364. The lowest BCUT2D eigenvalue weighted by Crippen LogP contribution is -1.97. The van der Waals surface area contributed by atoms with Crippen LogP contribution in [-0.2, 0) is 0 Å². The fourth-order valence-corrected chi connectivity index (χ4v) is 2.42. The van der Waals surface area contributed by atoms with Gasteiger partial charge in [0, 0.05) is 5.02 Å². The molecule has 0 saturated carbocycles. The SMILES string of the molecule is Fc1cc(Cl)ccc1-n1c(=S)[nH]c2ccccc21. The Balaban J connectivity index is 2.38. The monoisotopic (exact) mass is 278 g/mol. The lowest BCUT2D eigenvalue weighted by atomic mass is 10.2. The van der Waals surface area contributed by atoms with Gasteiger partial charge in [0.15, 0.2) is 4.77 Å². The second-order valence-corrected chi connectivity index (χ2v) is 4.70. The Bertz CT molecular complexity index is 791. The van der Waals surface area contributed by atoms with Crippen LogP contribution in [0.1, 0.15) is 0 Å². The Labute approximate surface area is 113 Å². The minimum absolute atomic E-state index is 0.364. The molecule has 0 aliphatic heterocycles. The Kier molecular flexibility index (Phi) is 2.69. The summed E-state index contributed by atoms with van der Waals surface area (Å²) in [5.74, 6) is -0.400. The van der Waals surface area contributed by atoms with Crippen molar-refractivity contribution >= 4 is 34.9 Å². The Morgan fingerprint density at radius 2 is 1.94 bits per heavy atom. The van der Waals surface area contributed by atoms with Crippen LogP contribution < -0.4 is 0 Å². The van der Waals surface area contributed by atoms with E-state index in [1.165, 1.54) is 6.07 Å². The van der Waals surface area contributed by atoms with Crippen LogP contribution in [0, 0.1) is 10.6 Å². The van der Waals surface area contributed by atoms with Crippen molar-refractivity contribution in [3.05, 3.63) is 58.1 Å². The van der Waals surface area contributed by atoms with E-state index in [-0.39, 0.29) is 0 Å². The number of nitrogens with zero attached hydrogens (tertiary/aromatic N) is 1. The average Bonchev–Trinajstić information content (AvgIpc) is 2.66. The first-order chi connectivity index (χ1) is 8.66. The molecule has 5 heteroatoms. The van der Waals surface area contributed by atoms with Gasteiger partial charge in [-0.3, -0.25) is 4.57 Å². The summed E-state index contributed by atoms with van der Waals surface area (Å²) in [6, 6.07) is 12.1. The number of aromatic amines is 1. The zero-order valence-electron chi connectivity index (χ0n) is 9.15. The third-order valence-electron chi connectivity index (χ3n) is 2.74. The van der Waals surface area contributed by atoms with Crippen LogP contribution in [0.2, 0.25) is 5.02 Å². The number of hydrogen-bond donors (Lipinski definition) is 1. The highest BCUT2D eigenvalue weighted by molar-refractivity contribution is 7.71. The molecule has 18 heavy (non-hydrogen) atoms. The van der Waals surface area contributed by atoms with Crippen molar-refractivity contribution in [1.29, 1.82) is 0 Å². The third kappa shape index (κ3) is 1.74. The normalized spacial score (nSPS) is 11.0. The topological polar surface area (TPSA) is 20.7 Å². The quantitative estimate of drug-likeness (QED) is 0.651. The predicted molar refractivity (Wildman–Crippen MR) is 73.4 cm³/mol.